The number of benzene rings is 2. The van der Waals surface area contributed by atoms with Crippen LogP contribution >= 0.6 is 11.3 Å². The topological polar surface area (TPSA) is 115 Å². The predicted octanol–water partition coefficient (Wildman–Crippen LogP) is 4.90. The van der Waals surface area contributed by atoms with Crippen LogP contribution in [0.15, 0.2) is 53.6 Å². The maximum absolute atomic E-state index is 14.4. The Balaban J connectivity index is 1.32. The molecule has 13 heteroatoms. The third-order valence-electron chi connectivity index (χ3n) is 7.00. The molecule has 41 heavy (non-hydrogen) atoms. The number of ether oxygens (including phenoxy) is 2. The fourth-order valence-electron chi connectivity index (χ4n) is 4.61. The summed E-state index contributed by atoms with van der Waals surface area (Å²) < 4.78 is 63.9. The number of halogens is 2. The number of nitrogens with one attached hydrogen (secondary N) is 1. The number of carbonyl (C=O) groups excluding carboxylic acids is 2. The molecule has 3 aromatic rings. The second kappa shape index (κ2) is 12.1. The SMILES string of the molecule is CCOC(=O)C1CCN(c2cnc(NC(=O)C(Oc3ccc(F)cc3F)c3ccc(S(=O)(=O)C4CC4)cc3)s2)CC1. The second-order valence-electron chi connectivity index (χ2n) is 9.89. The molecule has 0 spiro atoms. The molecule has 9 nitrogen and oxygen atoms in total. The van der Waals surface area contributed by atoms with Crippen LogP contribution in [0.25, 0.3) is 0 Å². The first kappa shape index (κ1) is 28.9. The van der Waals surface area contributed by atoms with Crippen molar-refractivity contribution in [3.8, 4) is 5.75 Å². The van der Waals surface area contributed by atoms with Gasteiger partial charge in [-0.25, -0.2) is 22.2 Å². The van der Waals surface area contributed by atoms with Gasteiger partial charge < -0.3 is 14.4 Å². The van der Waals surface area contributed by atoms with Crippen molar-refractivity contribution < 1.29 is 36.3 Å². The van der Waals surface area contributed by atoms with E-state index >= 15 is 0 Å². The molecule has 5 rings (SSSR count). The van der Waals surface area contributed by atoms with Gasteiger partial charge >= 0.3 is 5.97 Å². The lowest BCUT2D eigenvalue weighted by Crippen LogP contribution is -2.36. The molecule has 0 radical (unpaired) electrons. The first-order valence-corrected chi connectivity index (χ1v) is 15.7. The molecule has 0 bridgehead atoms. The maximum atomic E-state index is 14.4. The molecule has 1 aliphatic carbocycles. The standard InChI is InChI=1S/C28H29F2N3O6S2/c1-2-38-27(35)18-11-13-33(14-12-18)24-16-31-28(40-24)32-26(34)25(39-23-10-5-19(29)15-22(23)30)17-3-6-20(7-4-17)41(36,37)21-8-9-21/h3-7,10,15-16,18,21,25H,2,8-9,11-14H2,1H3,(H,31,32,34). The van der Waals surface area contributed by atoms with Gasteiger partial charge in [0.1, 0.15) is 10.8 Å². The molecule has 2 aliphatic rings. The highest BCUT2D eigenvalue weighted by Crippen LogP contribution is 2.35. The third kappa shape index (κ3) is 6.67. The second-order valence-corrected chi connectivity index (χ2v) is 13.1. The summed E-state index contributed by atoms with van der Waals surface area (Å²) in [5.41, 5.74) is 0.277. The van der Waals surface area contributed by atoms with Crippen LogP contribution in [0.3, 0.4) is 0 Å². The number of rotatable bonds is 10. The zero-order valence-corrected chi connectivity index (χ0v) is 23.8. The van der Waals surface area contributed by atoms with Crippen molar-refractivity contribution in [2.45, 2.75) is 48.9 Å². The first-order chi connectivity index (χ1) is 19.7. The minimum absolute atomic E-state index is 0.132. The molecule has 1 aromatic heterocycles. The van der Waals surface area contributed by atoms with Gasteiger partial charge in [-0.1, -0.05) is 23.5 Å². The number of anilines is 2. The Morgan fingerprint density at radius 2 is 1.80 bits per heavy atom. The molecule has 1 aliphatic heterocycles. The molecule has 2 aromatic carbocycles. The maximum Gasteiger partial charge on any atom is 0.309 e. The van der Waals surface area contributed by atoms with Crippen molar-refractivity contribution in [3.05, 3.63) is 65.9 Å². The van der Waals surface area contributed by atoms with Crippen molar-refractivity contribution in [1.82, 2.24) is 4.98 Å². The smallest absolute Gasteiger partial charge is 0.309 e. The first-order valence-electron chi connectivity index (χ1n) is 13.3. The Kier molecular flexibility index (Phi) is 8.55. The van der Waals surface area contributed by atoms with E-state index in [-0.39, 0.29) is 33.2 Å². The molecule has 2 heterocycles. The lowest BCUT2D eigenvalue weighted by atomic mass is 9.97. The summed E-state index contributed by atoms with van der Waals surface area (Å²) in [5.74, 6) is -3.13. The van der Waals surface area contributed by atoms with Crippen LogP contribution in [0.2, 0.25) is 0 Å². The van der Waals surface area contributed by atoms with Crippen LogP contribution < -0.4 is 15.0 Å². The number of aromatic nitrogens is 1. The number of hydrogen-bond donors (Lipinski definition) is 1. The lowest BCUT2D eigenvalue weighted by molar-refractivity contribution is -0.148. The highest BCUT2D eigenvalue weighted by Gasteiger charge is 2.37. The summed E-state index contributed by atoms with van der Waals surface area (Å²) in [6, 6.07) is 8.43. The summed E-state index contributed by atoms with van der Waals surface area (Å²) >= 11 is 1.24. The molecule has 2 fully saturated rings. The zero-order chi connectivity index (χ0) is 29.1. The van der Waals surface area contributed by atoms with Crippen LogP contribution in [-0.2, 0) is 24.2 Å². The number of amides is 1. The number of hydrogen-bond acceptors (Lipinski definition) is 9. The van der Waals surface area contributed by atoms with E-state index in [2.05, 4.69) is 15.2 Å². The number of piperidine rings is 1. The molecule has 1 saturated carbocycles. The van der Waals surface area contributed by atoms with Gasteiger partial charge in [-0.05, 0) is 56.9 Å². The van der Waals surface area contributed by atoms with Gasteiger partial charge in [0, 0.05) is 24.7 Å². The normalized spacial score (nSPS) is 16.7. The zero-order valence-electron chi connectivity index (χ0n) is 22.2. The van der Waals surface area contributed by atoms with Crippen molar-refractivity contribution in [2.75, 3.05) is 29.9 Å². The quantitative estimate of drug-likeness (QED) is 0.325. The number of esters is 1. The molecule has 218 valence electrons. The van der Waals surface area contributed by atoms with Crippen LogP contribution in [0.4, 0.5) is 18.9 Å². The van der Waals surface area contributed by atoms with E-state index in [1.54, 1.807) is 13.1 Å². The minimum Gasteiger partial charge on any atom is -0.473 e. The number of carbonyl (C=O) groups is 2. The Morgan fingerprint density at radius 1 is 1.10 bits per heavy atom. The third-order valence-corrected chi connectivity index (χ3v) is 10.3. The van der Waals surface area contributed by atoms with E-state index in [9.17, 15) is 26.8 Å². The fourth-order valence-corrected chi connectivity index (χ4v) is 7.14. The lowest BCUT2D eigenvalue weighted by Gasteiger charge is -2.31. The van der Waals surface area contributed by atoms with Gasteiger partial charge in [0.2, 0.25) is 6.10 Å². The number of nitrogens with zero attached hydrogens (tertiary/aromatic N) is 2. The summed E-state index contributed by atoms with van der Waals surface area (Å²) in [6.45, 7) is 3.38. The summed E-state index contributed by atoms with van der Waals surface area (Å²) in [6.07, 6.45) is 2.74. The van der Waals surface area contributed by atoms with E-state index in [0.29, 0.717) is 51.4 Å². The van der Waals surface area contributed by atoms with Gasteiger partial charge in [0.05, 0.1) is 28.9 Å². The monoisotopic (exact) mass is 605 g/mol. The van der Waals surface area contributed by atoms with Gasteiger partial charge in [0.15, 0.2) is 26.5 Å². The highest BCUT2D eigenvalue weighted by atomic mass is 32.2. The van der Waals surface area contributed by atoms with E-state index in [4.69, 9.17) is 9.47 Å². The fraction of sp³-hybridized carbons (Fsp3) is 0.393. The van der Waals surface area contributed by atoms with Crippen LogP contribution in [-0.4, -0.2) is 50.2 Å². The van der Waals surface area contributed by atoms with Gasteiger partial charge in [-0.15, -0.1) is 0 Å². The average Bonchev–Trinajstić information content (AvgIpc) is 3.73. The van der Waals surface area contributed by atoms with E-state index in [1.165, 1.54) is 35.6 Å². The van der Waals surface area contributed by atoms with E-state index in [1.807, 2.05) is 0 Å². The largest absolute Gasteiger partial charge is 0.473 e. The van der Waals surface area contributed by atoms with Crippen molar-refractivity contribution in [2.24, 2.45) is 5.92 Å². The van der Waals surface area contributed by atoms with E-state index in [0.717, 1.165) is 17.1 Å². The summed E-state index contributed by atoms with van der Waals surface area (Å²) in [4.78, 5) is 31.9. The Labute approximate surface area is 240 Å². The molecule has 1 amide bonds. The molecule has 1 unspecified atom stereocenters. The van der Waals surface area contributed by atoms with Crippen LogP contribution in [0.5, 0.6) is 5.75 Å². The summed E-state index contributed by atoms with van der Waals surface area (Å²) in [5, 5.41) is 3.38. The average molecular weight is 606 g/mol. The molecule has 1 atom stereocenters. The number of sulfone groups is 1. The van der Waals surface area contributed by atoms with Gasteiger partial charge in [-0.3, -0.25) is 14.9 Å². The predicted molar refractivity (Wildman–Crippen MR) is 149 cm³/mol. The molecular weight excluding hydrogens is 576 g/mol. The van der Waals surface area contributed by atoms with Crippen LogP contribution in [0.1, 0.15) is 44.3 Å². The minimum atomic E-state index is -3.45. The Hall–Kier alpha value is -3.58. The van der Waals surface area contributed by atoms with Gasteiger partial charge in [0.25, 0.3) is 5.91 Å². The Bertz CT molecular complexity index is 1520. The number of thiazole rings is 1. The van der Waals surface area contributed by atoms with Crippen molar-refractivity contribution in [1.29, 1.82) is 0 Å². The van der Waals surface area contributed by atoms with Crippen LogP contribution in [0, 0.1) is 17.6 Å². The Morgan fingerprint density at radius 3 is 2.44 bits per heavy atom. The molecule has 1 saturated heterocycles. The van der Waals surface area contributed by atoms with E-state index < -0.39 is 38.7 Å². The van der Waals surface area contributed by atoms with Crippen molar-refractivity contribution in [3.63, 3.8) is 0 Å². The molecule has 1 N–H and O–H groups in total. The molecular formula is C28H29F2N3O6S2. The highest BCUT2D eigenvalue weighted by molar-refractivity contribution is 7.92. The van der Waals surface area contributed by atoms with Crippen molar-refractivity contribution >= 4 is 43.2 Å². The van der Waals surface area contributed by atoms with Gasteiger partial charge in [-0.2, -0.15) is 0 Å². The summed E-state index contributed by atoms with van der Waals surface area (Å²) in [7, 11) is -3.45.